The van der Waals surface area contributed by atoms with Crippen LogP contribution in [0.25, 0.3) is 10.8 Å². The zero-order chi connectivity index (χ0) is 17.5. The number of hydrogen-bond acceptors (Lipinski definition) is 2. The molecule has 2 heteroatoms. The lowest BCUT2D eigenvalue weighted by Gasteiger charge is -2.11. The van der Waals surface area contributed by atoms with Crippen LogP contribution in [0.15, 0.2) is 66.7 Å². The van der Waals surface area contributed by atoms with Crippen molar-refractivity contribution < 1.29 is 4.74 Å². The molecule has 0 amide bonds. The summed E-state index contributed by atoms with van der Waals surface area (Å²) in [6, 6.07) is 23.4. The summed E-state index contributed by atoms with van der Waals surface area (Å²) in [4.78, 5) is 0. The van der Waals surface area contributed by atoms with E-state index in [0.29, 0.717) is 5.92 Å². The molecule has 0 heterocycles. The number of nitrogens with one attached hydrogen (secondary N) is 1. The Morgan fingerprint density at radius 2 is 1.72 bits per heavy atom. The van der Waals surface area contributed by atoms with Gasteiger partial charge in [0.1, 0.15) is 5.75 Å². The molecule has 0 unspecified atom stereocenters. The highest BCUT2D eigenvalue weighted by atomic mass is 16.5. The molecule has 1 N–H and O–H groups in total. The molecule has 0 spiro atoms. The number of hydrogen-bond donors (Lipinski definition) is 1. The predicted molar refractivity (Wildman–Crippen MR) is 108 cm³/mol. The summed E-state index contributed by atoms with van der Waals surface area (Å²) in [5, 5.41) is 6.17. The minimum absolute atomic E-state index is 0.669. The van der Waals surface area contributed by atoms with Gasteiger partial charge in [-0.05, 0) is 47.2 Å². The SMILES string of the molecule is CC(C)CCOc1cccc(NCCc2cccc3ccccc23)c1. The highest BCUT2D eigenvalue weighted by Crippen LogP contribution is 2.20. The van der Waals surface area contributed by atoms with Crippen molar-refractivity contribution in [2.24, 2.45) is 5.92 Å². The maximum atomic E-state index is 5.84. The van der Waals surface area contributed by atoms with Crippen LogP contribution in [0.2, 0.25) is 0 Å². The molecule has 0 radical (unpaired) electrons. The lowest BCUT2D eigenvalue weighted by molar-refractivity contribution is 0.289. The van der Waals surface area contributed by atoms with E-state index in [1.807, 2.05) is 12.1 Å². The monoisotopic (exact) mass is 333 g/mol. The molecule has 0 aliphatic heterocycles. The summed E-state index contributed by atoms with van der Waals surface area (Å²) >= 11 is 0. The molecule has 2 nitrogen and oxygen atoms in total. The fourth-order valence-corrected chi connectivity index (χ4v) is 2.96. The molecule has 0 saturated heterocycles. The molecule has 130 valence electrons. The summed E-state index contributed by atoms with van der Waals surface area (Å²) in [5.41, 5.74) is 2.50. The van der Waals surface area contributed by atoms with Crippen LogP contribution in [0.1, 0.15) is 25.8 Å². The van der Waals surface area contributed by atoms with Gasteiger partial charge < -0.3 is 10.1 Å². The second-order valence-electron chi connectivity index (χ2n) is 6.87. The fourth-order valence-electron chi connectivity index (χ4n) is 2.96. The Balaban J connectivity index is 1.56. The van der Waals surface area contributed by atoms with Crippen LogP contribution in [-0.2, 0) is 6.42 Å². The molecule has 0 atom stereocenters. The van der Waals surface area contributed by atoms with Crippen LogP contribution < -0.4 is 10.1 Å². The number of fused-ring (bicyclic) bond motifs is 1. The number of rotatable bonds is 8. The lowest BCUT2D eigenvalue weighted by atomic mass is 10.0. The molecule has 3 aromatic carbocycles. The fraction of sp³-hybridized carbons (Fsp3) is 0.304. The zero-order valence-corrected chi connectivity index (χ0v) is 15.2. The summed E-state index contributed by atoms with van der Waals surface area (Å²) in [7, 11) is 0. The van der Waals surface area contributed by atoms with Crippen molar-refractivity contribution in [1.82, 2.24) is 0 Å². The minimum atomic E-state index is 0.669. The Labute approximate surface area is 150 Å². The number of benzene rings is 3. The molecule has 0 aromatic heterocycles. The molecular weight excluding hydrogens is 306 g/mol. The molecule has 0 saturated carbocycles. The van der Waals surface area contributed by atoms with Crippen molar-refractivity contribution in [1.29, 1.82) is 0 Å². The van der Waals surface area contributed by atoms with Crippen molar-refractivity contribution in [3.05, 3.63) is 72.3 Å². The molecule has 25 heavy (non-hydrogen) atoms. The lowest BCUT2D eigenvalue weighted by Crippen LogP contribution is -2.06. The molecule has 0 aliphatic rings. The zero-order valence-electron chi connectivity index (χ0n) is 15.2. The summed E-state index contributed by atoms with van der Waals surface area (Å²) in [5.74, 6) is 1.61. The molecule has 3 rings (SSSR count). The van der Waals surface area contributed by atoms with Crippen LogP contribution in [0.5, 0.6) is 5.75 Å². The van der Waals surface area contributed by atoms with Crippen molar-refractivity contribution in [2.45, 2.75) is 26.7 Å². The minimum Gasteiger partial charge on any atom is -0.494 e. The van der Waals surface area contributed by atoms with E-state index >= 15 is 0 Å². The van der Waals surface area contributed by atoms with Gasteiger partial charge in [-0.25, -0.2) is 0 Å². The maximum Gasteiger partial charge on any atom is 0.121 e. The van der Waals surface area contributed by atoms with Gasteiger partial charge in [-0.1, -0.05) is 62.4 Å². The highest BCUT2D eigenvalue weighted by molar-refractivity contribution is 5.85. The Kier molecular flexibility index (Phi) is 5.95. The molecule has 0 aliphatic carbocycles. The van der Waals surface area contributed by atoms with Crippen molar-refractivity contribution >= 4 is 16.5 Å². The van der Waals surface area contributed by atoms with E-state index in [-0.39, 0.29) is 0 Å². The summed E-state index contributed by atoms with van der Waals surface area (Å²) in [6.45, 7) is 6.11. The van der Waals surface area contributed by atoms with Crippen LogP contribution in [0.4, 0.5) is 5.69 Å². The topological polar surface area (TPSA) is 21.3 Å². The van der Waals surface area contributed by atoms with E-state index in [2.05, 4.69) is 73.8 Å². The molecular formula is C23H27NO. The first-order valence-corrected chi connectivity index (χ1v) is 9.16. The average Bonchev–Trinajstić information content (AvgIpc) is 2.62. The van der Waals surface area contributed by atoms with E-state index in [1.54, 1.807) is 0 Å². The Morgan fingerprint density at radius 3 is 2.60 bits per heavy atom. The summed E-state index contributed by atoms with van der Waals surface area (Å²) in [6.07, 6.45) is 2.08. The molecule has 3 aromatic rings. The van der Waals surface area contributed by atoms with E-state index in [9.17, 15) is 0 Å². The van der Waals surface area contributed by atoms with Crippen LogP contribution >= 0.6 is 0 Å². The quantitative estimate of drug-likeness (QED) is 0.552. The van der Waals surface area contributed by atoms with E-state index < -0.39 is 0 Å². The molecule has 0 bridgehead atoms. The van der Waals surface area contributed by atoms with Gasteiger partial charge in [0.2, 0.25) is 0 Å². The Morgan fingerprint density at radius 1 is 0.920 bits per heavy atom. The average molecular weight is 333 g/mol. The van der Waals surface area contributed by atoms with Gasteiger partial charge in [0.05, 0.1) is 6.61 Å². The summed E-state index contributed by atoms with van der Waals surface area (Å²) < 4.78 is 5.84. The van der Waals surface area contributed by atoms with E-state index in [0.717, 1.165) is 37.4 Å². The maximum absolute atomic E-state index is 5.84. The molecule has 0 fully saturated rings. The first kappa shape index (κ1) is 17.3. The second-order valence-corrected chi connectivity index (χ2v) is 6.87. The van der Waals surface area contributed by atoms with Gasteiger partial charge in [-0.3, -0.25) is 0 Å². The second kappa shape index (κ2) is 8.57. The van der Waals surface area contributed by atoms with Crippen LogP contribution in [0.3, 0.4) is 0 Å². The van der Waals surface area contributed by atoms with Crippen LogP contribution in [-0.4, -0.2) is 13.2 Å². The van der Waals surface area contributed by atoms with Gasteiger partial charge in [0.25, 0.3) is 0 Å². The highest BCUT2D eigenvalue weighted by Gasteiger charge is 2.02. The third kappa shape index (κ3) is 4.99. The standard InChI is InChI=1S/C23H27NO/c1-18(2)14-16-25-22-11-6-10-21(17-22)24-15-13-20-9-5-8-19-7-3-4-12-23(19)20/h3-12,17-18,24H,13-16H2,1-2H3. The smallest absolute Gasteiger partial charge is 0.121 e. The van der Waals surface area contributed by atoms with Gasteiger partial charge in [-0.2, -0.15) is 0 Å². The third-order valence-electron chi connectivity index (χ3n) is 4.40. The van der Waals surface area contributed by atoms with Gasteiger partial charge >= 0.3 is 0 Å². The first-order valence-electron chi connectivity index (χ1n) is 9.16. The number of ether oxygens (including phenoxy) is 1. The van der Waals surface area contributed by atoms with Crippen molar-refractivity contribution in [3.8, 4) is 5.75 Å². The Bertz CT molecular complexity index is 805. The first-order chi connectivity index (χ1) is 12.2. The van der Waals surface area contributed by atoms with Crippen LogP contribution in [0, 0.1) is 5.92 Å². The van der Waals surface area contributed by atoms with Gasteiger partial charge in [0.15, 0.2) is 0 Å². The largest absolute Gasteiger partial charge is 0.494 e. The Hall–Kier alpha value is -2.48. The van der Waals surface area contributed by atoms with Crippen molar-refractivity contribution in [2.75, 3.05) is 18.5 Å². The van der Waals surface area contributed by atoms with Crippen molar-refractivity contribution in [3.63, 3.8) is 0 Å². The predicted octanol–water partition coefficient (Wildman–Crippen LogP) is 5.92. The van der Waals surface area contributed by atoms with E-state index in [1.165, 1.54) is 16.3 Å². The number of anilines is 1. The normalized spacial score (nSPS) is 11.0. The van der Waals surface area contributed by atoms with Gasteiger partial charge in [0, 0.05) is 18.3 Å². The van der Waals surface area contributed by atoms with Gasteiger partial charge in [-0.15, -0.1) is 0 Å². The van der Waals surface area contributed by atoms with E-state index in [4.69, 9.17) is 4.74 Å². The third-order valence-corrected chi connectivity index (χ3v) is 4.40.